The van der Waals surface area contributed by atoms with Crippen molar-refractivity contribution in [1.29, 1.82) is 0 Å². The molecule has 1 aliphatic carbocycles. The van der Waals surface area contributed by atoms with Crippen LogP contribution in [0.2, 0.25) is 0 Å². The van der Waals surface area contributed by atoms with Gasteiger partial charge in [-0.3, -0.25) is 4.79 Å². The molecule has 0 heterocycles. The van der Waals surface area contributed by atoms with Crippen LogP contribution in [0.5, 0.6) is 0 Å². The number of hydrogen-bond donors (Lipinski definition) is 1. The summed E-state index contributed by atoms with van der Waals surface area (Å²) in [6.07, 6.45) is -0.668. The molecule has 0 saturated carbocycles. The molecule has 2 atom stereocenters. The third kappa shape index (κ3) is 1.67. The monoisotopic (exact) mass is 186 g/mol. The zero-order chi connectivity index (χ0) is 10.0. The van der Waals surface area contributed by atoms with Crippen LogP contribution < -0.4 is 0 Å². The Balaban J connectivity index is 2.99. The molecular formula is C9H14O4. The summed E-state index contributed by atoms with van der Waals surface area (Å²) in [6.45, 7) is 1.76. The van der Waals surface area contributed by atoms with Crippen LogP contribution in [0.4, 0.5) is 0 Å². The third-order valence-electron chi connectivity index (χ3n) is 2.24. The van der Waals surface area contributed by atoms with E-state index in [2.05, 4.69) is 0 Å². The minimum Gasteiger partial charge on any atom is -0.497 e. The molecule has 1 N–H and O–H groups in total. The number of Topliss-reactive ketones (excluding diaryl/α,β-unsaturated/α-hetero) is 1. The van der Waals surface area contributed by atoms with Gasteiger partial charge >= 0.3 is 0 Å². The maximum absolute atomic E-state index is 11.3. The molecule has 0 fully saturated rings. The van der Waals surface area contributed by atoms with Gasteiger partial charge in [0.1, 0.15) is 5.76 Å². The van der Waals surface area contributed by atoms with Crippen LogP contribution in [-0.4, -0.2) is 31.2 Å². The summed E-state index contributed by atoms with van der Waals surface area (Å²) in [4.78, 5) is 11.3. The molecule has 4 nitrogen and oxygen atoms in total. The van der Waals surface area contributed by atoms with Crippen molar-refractivity contribution in [2.24, 2.45) is 5.92 Å². The van der Waals surface area contributed by atoms with Gasteiger partial charge in [0.15, 0.2) is 17.6 Å². The molecule has 1 aliphatic rings. The Kier molecular flexibility index (Phi) is 2.93. The molecule has 0 aromatic heterocycles. The fraction of sp³-hybridized carbons (Fsp3) is 0.667. The zero-order valence-electron chi connectivity index (χ0n) is 8.03. The molecule has 13 heavy (non-hydrogen) atoms. The van der Waals surface area contributed by atoms with Gasteiger partial charge in [-0.05, 0) is 0 Å². The Labute approximate surface area is 77.1 Å². The number of allylic oxidation sites excluding steroid dienone is 1. The van der Waals surface area contributed by atoms with Crippen LogP contribution in [0, 0.1) is 5.92 Å². The van der Waals surface area contributed by atoms with Gasteiger partial charge in [0.2, 0.25) is 0 Å². The highest BCUT2D eigenvalue weighted by atomic mass is 16.5. The van der Waals surface area contributed by atoms with Crippen molar-refractivity contribution < 1.29 is 19.4 Å². The molecule has 0 saturated heterocycles. The van der Waals surface area contributed by atoms with Gasteiger partial charge in [-0.25, -0.2) is 0 Å². The fourth-order valence-electron chi connectivity index (χ4n) is 1.44. The number of methoxy groups -OCH3 is 2. The average Bonchev–Trinajstić information content (AvgIpc) is 2.13. The molecular weight excluding hydrogens is 172 g/mol. The Bertz CT molecular complexity index is 244. The lowest BCUT2D eigenvalue weighted by Gasteiger charge is -2.25. The van der Waals surface area contributed by atoms with Gasteiger partial charge in [-0.2, -0.15) is 0 Å². The van der Waals surface area contributed by atoms with Gasteiger partial charge in [0.05, 0.1) is 14.2 Å². The Hall–Kier alpha value is -1.03. The smallest absolute Gasteiger partial charge is 0.173 e. The number of aliphatic hydroxyl groups excluding tert-OH is 1. The SMILES string of the molecule is COC1=C(OC)C(O)C(=O)C(C)C1. The van der Waals surface area contributed by atoms with E-state index in [0.29, 0.717) is 12.2 Å². The van der Waals surface area contributed by atoms with E-state index in [1.165, 1.54) is 14.2 Å². The first-order valence-corrected chi connectivity index (χ1v) is 4.14. The summed E-state index contributed by atoms with van der Waals surface area (Å²) in [5, 5.41) is 9.50. The average molecular weight is 186 g/mol. The number of rotatable bonds is 2. The van der Waals surface area contributed by atoms with Gasteiger partial charge in [-0.1, -0.05) is 6.92 Å². The van der Waals surface area contributed by atoms with Crippen molar-refractivity contribution in [1.82, 2.24) is 0 Å². The molecule has 4 heteroatoms. The maximum Gasteiger partial charge on any atom is 0.173 e. The minimum atomic E-state index is -1.16. The molecule has 0 aliphatic heterocycles. The predicted octanol–water partition coefficient (Wildman–Crippen LogP) is 0.461. The number of aliphatic hydroxyl groups is 1. The minimum absolute atomic E-state index is 0.205. The summed E-state index contributed by atoms with van der Waals surface area (Å²) in [5.41, 5.74) is 0. The van der Waals surface area contributed by atoms with E-state index in [1.807, 2.05) is 0 Å². The molecule has 74 valence electrons. The molecule has 0 aromatic rings. The lowest BCUT2D eigenvalue weighted by molar-refractivity contribution is -0.132. The number of carbonyl (C=O) groups is 1. The van der Waals surface area contributed by atoms with Crippen LogP contribution in [0.1, 0.15) is 13.3 Å². The highest BCUT2D eigenvalue weighted by Crippen LogP contribution is 2.27. The fourth-order valence-corrected chi connectivity index (χ4v) is 1.44. The maximum atomic E-state index is 11.3. The topological polar surface area (TPSA) is 55.8 Å². The van der Waals surface area contributed by atoms with Crippen LogP contribution in [0.3, 0.4) is 0 Å². The Morgan fingerprint density at radius 1 is 1.38 bits per heavy atom. The van der Waals surface area contributed by atoms with Crippen molar-refractivity contribution in [2.45, 2.75) is 19.4 Å². The van der Waals surface area contributed by atoms with Crippen molar-refractivity contribution in [3.8, 4) is 0 Å². The molecule has 0 spiro atoms. The summed E-state index contributed by atoms with van der Waals surface area (Å²) in [7, 11) is 2.92. The van der Waals surface area contributed by atoms with Crippen LogP contribution in [-0.2, 0) is 14.3 Å². The van der Waals surface area contributed by atoms with Crippen molar-refractivity contribution in [2.75, 3.05) is 14.2 Å². The predicted molar refractivity (Wildman–Crippen MR) is 45.8 cm³/mol. The third-order valence-corrected chi connectivity index (χ3v) is 2.24. The van der Waals surface area contributed by atoms with Gasteiger partial charge in [0.25, 0.3) is 0 Å². The molecule has 0 bridgehead atoms. The van der Waals surface area contributed by atoms with Crippen LogP contribution >= 0.6 is 0 Å². The second kappa shape index (κ2) is 3.79. The van der Waals surface area contributed by atoms with Crippen LogP contribution in [0.25, 0.3) is 0 Å². The number of carbonyl (C=O) groups excluding carboxylic acids is 1. The Morgan fingerprint density at radius 2 is 2.00 bits per heavy atom. The molecule has 0 amide bonds. The standard InChI is InChI=1S/C9H14O4/c1-5-4-6(12-2)9(13-3)8(11)7(5)10/h5,8,11H,4H2,1-3H3. The van der Waals surface area contributed by atoms with E-state index in [0.717, 1.165) is 0 Å². The van der Waals surface area contributed by atoms with Crippen LogP contribution in [0.15, 0.2) is 11.5 Å². The van der Waals surface area contributed by atoms with Gasteiger partial charge < -0.3 is 14.6 Å². The number of ketones is 1. The van der Waals surface area contributed by atoms with Crippen molar-refractivity contribution >= 4 is 5.78 Å². The summed E-state index contributed by atoms with van der Waals surface area (Å²) < 4.78 is 9.94. The summed E-state index contributed by atoms with van der Waals surface area (Å²) in [6, 6.07) is 0. The van der Waals surface area contributed by atoms with Gasteiger partial charge in [0, 0.05) is 12.3 Å². The quantitative estimate of drug-likeness (QED) is 0.680. The zero-order valence-corrected chi connectivity index (χ0v) is 8.03. The highest BCUT2D eigenvalue weighted by Gasteiger charge is 2.35. The van der Waals surface area contributed by atoms with Gasteiger partial charge in [-0.15, -0.1) is 0 Å². The molecule has 2 unspecified atom stereocenters. The second-order valence-electron chi connectivity index (χ2n) is 3.11. The first kappa shape index (κ1) is 10.1. The second-order valence-corrected chi connectivity index (χ2v) is 3.11. The normalized spacial score (nSPS) is 29.1. The largest absolute Gasteiger partial charge is 0.497 e. The lowest BCUT2D eigenvalue weighted by atomic mass is 9.90. The molecule has 1 rings (SSSR count). The van der Waals surface area contributed by atoms with E-state index in [9.17, 15) is 9.90 Å². The molecule has 0 aromatic carbocycles. The van der Waals surface area contributed by atoms with E-state index < -0.39 is 6.10 Å². The van der Waals surface area contributed by atoms with Crippen molar-refractivity contribution in [3.63, 3.8) is 0 Å². The first-order chi connectivity index (χ1) is 6.11. The van der Waals surface area contributed by atoms with E-state index in [4.69, 9.17) is 9.47 Å². The summed E-state index contributed by atoms with van der Waals surface area (Å²) in [5.74, 6) is 0.384. The number of hydrogen-bond acceptors (Lipinski definition) is 4. The Morgan fingerprint density at radius 3 is 2.46 bits per heavy atom. The van der Waals surface area contributed by atoms with E-state index in [1.54, 1.807) is 6.92 Å². The van der Waals surface area contributed by atoms with Crippen molar-refractivity contribution in [3.05, 3.63) is 11.5 Å². The lowest BCUT2D eigenvalue weighted by Crippen LogP contribution is -2.34. The van der Waals surface area contributed by atoms with E-state index >= 15 is 0 Å². The number of ether oxygens (including phenoxy) is 2. The van der Waals surface area contributed by atoms with E-state index in [-0.39, 0.29) is 17.5 Å². The highest BCUT2D eigenvalue weighted by molar-refractivity contribution is 5.88. The summed E-state index contributed by atoms with van der Waals surface area (Å²) >= 11 is 0. The first-order valence-electron chi connectivity index (χ1n) is 4.14. The molecule has 0 radical (unpaired) electrons.